The van der Waals surface area contributed by atoms with Gasteiger partial charge in [0.25, 0.3) is 0 Å². The molecule has 2 unspecified atom stereocenters. The van der Waals surface area contributed by atoms with Gasteiger partial charge in [0.1, 0.15) is 0 Å². The van der Waals surface area contributed by atoms with E-state index in [1.807, 2.05) is 20.9 Å². The van der Waals surface area contributed by atoms with Crippen molar-refractivity contribution in [3.8, 4) is 0 Å². The zero-order valence-electron chi connectivity index (χ0n) is 13.8. The van der Waals surface area contributed by atoms with Crippen molar-refractivity contribution in [2.75, 3.05) is 7.05 Å². The number of ketones is 1. The number of halogens is 2. The molecule has 124 valence electrons. The van der Waals surface area contributed by atoms with Crippen molar-refractivity contribution in [1.82, 2.24) is 5.32 Å². The van der Waals surface area contributed by atoms with Gasteiger partial charge in [-0.05, 0) is 50.4 Å². The van der Waals surface area contributed by atoms with Crippen LogP contribution < -0.4 is 5.32 Å². The highest BCUT2D eigenvalue weighted by Crippen LogP contribution is 2.28. The third kappa shape index (κ3) is 5.91. The Labute approximate surface area is 144 Å². The Bertz CT molecular complexity index is 476. The molecule has 2 rings (SSSR count). The third-order valence-corrected chi connectivity index (χ3v) is 4.90. The Morgan fingerprint density at radius 3 is 2.50 bits per heavy atom. The van der Waals surface area contributed by atoms with Gasteiger partial charge in [0.05, 0.1) is 10.0 Å². The number of hydrogen-bond donors (Lipinski definition) is 1. The molecule has 0 amide bonds. The normalized spacial score (nSPS) is 21.5. The lowest BCUT2D eigenvalue weighted by atomic mass is 9.90. The summed E-state index contributed by atoms with van der Waals surface area (Å²) in [5.74, 6) is 0.641. The SMILES string of the molecule is CC.CNC1CCCCC(CC(=O)c2ccc(Cl)c(Cl)c2)C1. The second-order valence-corrected chi connectivity index (χ2v) is 6.44. The van der Waals surface area contributed by atoms with Gasteiger partial charge in [-0.15, -0.1) is 0 Å². The maximum absolute atomic E-state index is 12.4. The van der Waals surface area contributed by atoms with Crippen LogP contribution >= 0.6 is 23.2 Å². The Morgan fingerprint density at radius 1 is 1.18 bits per heavy atom. The Morgan fingerprint density at radius 2 is 1.86 bits per heavy atom. The molecule has 0 saturated heterocycles. The molecule has 1 N–H and O–H groups in total. The summed E-state index contributed by atoms with van der Waals surface area (Å²) in [6, 6.07) is 5.69. The number of benzene rings is 1. The first-order valence-electron chi connectivity index (χ1n) is 8.25. The molecule has 1 aromatic rings. The van der Waals surface area contributed by atoms with Gasteiger partial charge < -0.3 is 5.32 Å². The molecule has 1 saturated carbocycles. The van der Waals surface area contributed by atoms with E-state index in [-0.39, 0.29) is 5.78 Å². The minimum Gasteiger partial charge on any atom is -0.317 e. The second-order valence-electron chi connectivity index (χ2n) is 5.63. The molecule has 22 heavy (non-hydrogen) atoms. The van der Waals surface area contributed by atoms with E-state index in [9.17, 15) is 4.79 Å². The Kier molecular flexibility index (Phi) is 9.08. The highest BCUT2D eigenvalue weighted by atomic mass is 35.5. The smallest absolute Gasteiger partial charge is 0.163 e. The minimum absolute atomic E-state index is 0.172. The van der Waals surface area contributed by atoms with Crippen molar-refractivity contribution in [2.45, 2.75) is 58.4 Å². The third-order valence-electron chi connectivity index (χ3n) is 4.16. The molecule has 2 nitrogen and oxygen atoms in total. The number of carbonyl (C=O) groups excluding carboxylic acids is 1. The highest BCUT2D eigenvalue weighted by molar-refractivity contribution is 6.42. The number of Topliss-reactive ketones (excluding diaryl/α,β-unsaturated/α-hetero) is 1. The van der Waals surface area contributed by atoms with E-state index < -0.39 is 0 Å². The van der Waals surface area contributed by atoms with Gasteiger partial charge in [-0.25, -0.2) is 0 Å². The van der Waals surface area contributed by atoms with E-state index in [2.05, 4.69) is 5.32 Å². The largest absolute Gasteiger partial charge is 0.317 e. The molecule has 0 spiro atoms. The van der Waals surface area contributed by atoms with Gasteiger partial charge in [-0.1, -0.05) is 49.9 Å². The van der Waals surface area contributed by atoms with E-state index in [1.165, 1.54) is 19.3 Å². The van der Waals surface area contributed by atoms with Gasteiger partial charge in [-0.2, -0.15) is 0 Å². The van der Waals surface area contributed by atoms with E-state index in [1.54, 1.807) is 18.2 Å². The fourth-order valence-corrected chi connectivity index (χ4v) is 3.26. The molecule has 0 aromatic heterocycles. The summed E-state index contributed by atoms with van der Waals surface area (Å²) in [5.41, 5.74) is 0.671. The lowest BCUT2D eigenvalue weighted by Gasteiger charge is -2.19. The maximum Gasteiger partial charge on any atom is 0.163 e. The van der Waals surface area contributed by atoms with Crippen LogP contribution in [0.15, 0.2) is 18.2 Å². The van der Waals surface area contributed by atoms with Crippen LogP contribution in [0, 0.1) is 5.92 Å². The summed E-state index contributed by atoms with van der Waals surface area (Å²) >= 11 is 11.9. The molecule has 0 bridgehead atoms. The van der Waals surface area contributed by atoms with Crippen molar-refractivity contribution in [3.63, 3.8) is 0 Å². The summed E-state index contributed by atoms with van der Waals surface area (Å²) in [6.45, 7) is 4.00. The average Bonchev–Trinajstić information content (AvgIpc) is 2.77. The van der Waals surface area contributed by atoms with Gasteiger partial charge in [-0.3, -0.25) is 4.79 Å². The molecule has 1 aromatic carbocycles. The molecule has 2 atom stereocenters. The summed E-state index contributed by atoms with van der Waals surface area (Å²) in [6.07, 6.45) is 6.53. The molecular formula is C18H27Cl2NO. The summed E-state index contributed by atoms with van der Waals surface area (Å²) < 4.78 is 0. The fourth-order valence-electron chi connectivity index (χ4n) is 2.96. The monoisotopic (exact) mass is 343 g/mol. The first-order chi connectivity index (χ1) is 10.6. The summed E-state index contributed by atoms with van der Waals surface area (Å²) in [7, 11) is 2.01. The molecule has 0 aliphatic heterocycles. The lowest BCUT2D eigenvalue weighted by molar-refractivity contribution is 0.0955. The maximum atomic E-state index is 12.4. The van der Waals surface area contributed by atoms with E-state index >= 15 is 0 Å². The quantitative estimate of drug-likeness (QED) is 0.556. The standard InChI is InChI=1S/C16H21Cl2NO.C2H6/c1-19-13-5-3-2-4-11(8-13)9-16(20)12-6-7-14(17)15(18)10-12;1-2/h6-7,10-11,13,19H,2-5,8-9H2,1H3;1-2H3. The zero-order chi connectivity index (χ0) is 16.5. The first kappa shape index (κ1) is 19.5. The summed E-state index contributed by atoms with van der Waals surface area (Å²) in [4.78, 5) is 12.4. The van der Waals surface area contributed by atoms with Gasteiger partial charge >= 0.3 is 0 Å². The predicted octanol–water partition coefficient (Wildman–Crippen LogP) is 5.76. The molecule has 0 heterocycles. The molecule has 4 heteroatoms. The predicted molar refractivity (Wildman–Crippen MR) is 96.2 cm³/mol. The molecular weight excluding hydrogens is 317 g/mol. The highest BCUT2D eigenvalue weighted by Gasteiger charge is 2.22. The van der Waals surface area contributed by atoms with Crippen LogP contribution in [0.3, 0.4) is 0 Å². The number of carbonyl (C=O) groups is 1. The van der Waals surface area contributed by atoms with E-state index in [0.29, 0.717) is 34.0 Å². The van der Waals surface area contributed by atoms with Crippen LogP contribution in [0.1, 0.15) is 62.7 Å². The topological polar surface area (TPSA) is 29.1 Å². The minimum atomic E-state index is 0.172. The fraction of sp³-hybridized carbons (Fsp3) is 0.611. The van der Waals surface area contributed by atoms with Crippen molar-refractivity contribution in [3.05, 3.63) is 33.8 Å². The Balaban J connectivity index is 0.00000116. The van der Waals surface area contributed by atoms with Crippen molar-refractivity contribution < 1.29 is 4.79 Å². The molecule has 0 radical (unpaired) electrons. The van der Waals surface area contributed by atoms with Crippen LogP contribution in [-0.4, -0.2) is 18.9 Å². The lowest BCUT2D eigenvalue weighted by Crippen LogP contribution is -2.27. The van der Waals surface area contributed by atoms with Gasteiger partial charge in [0.2, 0.25) is 0 Å². The first-order valence-corrected chi connectivity index (χ1v) is 9.01. The molecule has 1 aliphatic carbocycles. The van der Waals surface area contributed by atoms with Crippen molar-refractivity contribution >= 4 is 29.0 Å². The van der Waals surface area contributed by atoms with Crippen LogP contribution in [0.5, 0.6) is 0 Å². The number of nitrogens with one attached hydrogen (secondary N) is 1. The number of hydrogen-bond acceptors (Lipinski definition) is 2. The van der Waals surface area contributed by atoms with Crippen molar-refractivity contribution in [1.29, 1.82) is 0 Å². The van der Waals surface area contributed by atoms with Crippen LogP contribution in [0.2, 0.25) is 10.0 Å². The van der Waals surface area contributed by atoms with Crippen LogP contribution in [0.4, 0.5) is 0 Å². The summed E-state index contributed by atoms with van der Waals surface area (Å²) in [5, 5.41) is 4.30. The second kappa shape index (κ2) is 10.3. The average molecular weight is 344 g/mol. The van der Waals surface area contributed by atoms with Crippen LogP contribution in [-0.2, 0) is 0 Å². The van der Waals surface area contributed by atoms with E-state index in [0.717, 1.165) is 12.8 Å². The van der Waals surface area contributed by atoms with Gasteiger partial charge in [0.15, 0.2) is 5.78 Å². The van der Waals surface area contributed by atoms with Crippen molar-refractivity contribution in [2.24, 2.45) is 5.92 Å². The van der Waals surface area contributed by atoms with Crippen LogP contribution in [0.25, 0.3) is 0 Å². The number of rotatable bonds is 4. The Hall–Kier alpha value is -0.570. The molecule has 1 fully saturated rings. The zero-order valence-corrected chi connectivity index (χ0v) is 15.3. The van der Waals surface area contributed by atoms with Gasteiger partial charge in [0, 0.05) is 18.0 Å². The molecule has 1 aliphatic rings. The van der Waals surface area contributed by atoms with E-state index in [4.69, 9.17) is 23.2 Å².